The van der Waals surface area contributed by atoms with Gasteiger partial charge in [0.05, 0.1) is 5.56 Å². The molecule has 0 atom stereocenters. The maximum atomic E-state index is 12.7. The standard InChI is InChI=1S/C7H4FIO2/c8-6-4-2-1-3-5(6)7(10)11-9/h1-4H. The highest BCUT2D eigenvalue weighted by molar-refractivity contribution is 14.1. The molecular weight excluding hydrogens is 262 g/mol. The van der Waals surface area contributed by atoms with Gasteiger partial charge in [-0.2, -0.15) is 0 Å². The Labute approximate surface area is 77.1 Å². The van der Waals surface area contributed by atoms with Crippen molar-refractivity contribution in [3.63, 3.8) is 0 Å². The average molecular weight is 266 g/mol. The molecule has 0 unspecified atom stereocenters. The Morgan fingerprint density at radius 2 is 2.09 bits per heavy atom. The van der Waals surface area contributed by atoms with Crippen molar-refractivity contribution < 1.29 is 12.3 Å². The molecule has 0 N–H and O–H groups in total. The summed E-state index contributed by atoms with van der Waals surface area (Å²) in [6.07, 6.45) is 0. The van der Waals surface area contributed by atoms with Crippen molar-refractivity contribution in [3.05, 3.63) is 35.6 Å². The lowest BCUT2D eigenvalue weighted by Crippen LogP contribution is -2.00. The molecule has 4 heteroatoms. The molecule has 0 bridgehead atoms. The van der Waals surface area contributed by atoms with Gasteiger partial charge in [0.2, 0.25) is 0 Å². The Kier molecular flexibility index (Phi) is 2.81. The second kappa shape index (κ2) is 3.66. The highest BCUT2D eigenvalue weighted by atomic mass is 127. The van der Waals surface area contributed by atoms with E-state index >= 15 is 0 Å². The minimum absolute atomic E-state index is 0.0399. The number of rotatable bonds is 1. The van der Waals surface area contributed by atoms with Crippen molar-refractivity contribution in [1.29, 1.82) is 0 Å². The van der Waals surface area contributed by atoms with Crippen LogP contribution in [0, 0.1) is 5.82 Å². The van der Waals surface area contributed by atoms with Crippen LogP contribution in [0.3, 0.4) is 0 Å². The zero-order chi connectivity index (χ0) is 8.27. The number of hydrogen-bond acceptors (Lipinski definition) is 2. The summed E-state index contributed by atoms with van der Waals surface area (Å²) < 4.78 is 17.0. The first-order valence-corrected chi connectivity index (χ1v) is 3.71. The van der Waals surface area contributed by atoms with Crippen LogP contribution in [0.1, 0.15) is 10.4 Å². The van der Waals surface area contributed by atoms with Gasteiger partial charge in [0.15, 0.2) is 23.0 Å². The van der Waals surface area contributed by atoms with Crippen LogP contribution >= 0.6 is 23.0 Å². The van der Waals surface area contributed by atoms with Gasteiger partial charge < -0.3 is 3.07 Å². The van der Waals surface area contributed by atoms with E-state index < -0.39 is 11.8 Å². The summed E-state index contributed by atoms with van der Waals surface area (Å²) in [4.78, 5) is 10.8. The molecule has 0 aliphatic rings. The molecule has 0 aliphatic carbocycles. The maximum Gasteiger partial charge on any atom is 0.350 e. The van der Waals surface area contributed by atoms with Crippen LogP contribution in [0.5, 0.6) is 0 Å². The van der Waals surface area contributed by atoms with Crippen LogP contribution < -0.4 is 0 Å². The topological polar surface area (TPSA) is 26.3 Å². The monoisotopic (exact) mass is 266 g/mol. The quantitative estimate of drug-likeness (QED) is 0.729. The van der Waals surface area contributed by atoms with Gasteiger partial charge in [0, 0.05) is 0 Å². The molecule has 0 spiro atoms. The summed E-state index contributed by atoms with van der Waals surface area (Å²) in [5.41, 5.74) is -0.0399. The predicted octanol–water partition coefficient (Wildman–Crippen LogP) is 2.33. The SMILES string of the molecule is O=C(OI)c1ccccc1F. The smallest absolute Gasteiger partial charge is 0.350 e. The van der Waals surface area contributed by atoms with E-state index in [9.17, 15) is 9.18 Å². The van der Waals surface area contributed by atoms with Gasteiger partial charge in [0.1, 0.15) is 5.82 Å². The Morgan fingerprint density at radius 1 is 1.45 bits per heavy atom. The van der Waals surface area contributed by atoms with E-state index in [-0.39, 0.29) is 5.56 Å². The van der Waals surface area contributed by atoms with E-state index in [2.05, 4.69) is 3.07 Å². The molecule has 0 saturated carbocycles. The summed E-state index contributed by atoms with van der Waals surface area (Å²) in [5, 5.41) is 0. The van der Waals surface area contributed by atoms with Crippen molar-refractivity contribution in [2.75, 3.05) is 0 Å². The lowest BCUT2D eigenvalue weighted by atomic mass is 10.2. The Hall–Kier alpha value is -0.650. The molecule has 0 aliphatic heterocycles. The summed E-state index contributed by atoms with van der Waals surface area (Å²) in [7, 11) is 0. The third-order valence-electron chi connectivity index (χ3n) is 1.16. The average Bonchev–Trinajstić information content (AvgIpc) is 2.04. The van der Waals surface area contributed by atoms with E-state index in [0.717, 1.165) is 0 Å². The number of carbonyl (C=O) groups excluding carboxylic acids is 1. The highest BCUT2D eigenvalue weighted by Gasteiger charge is 2.10. The van der Waals surface area contributed by atoms with E-state index in [4.69, 9.17) is 0 Å². The number of carbonyl (C=O) groups is 1. The molecular formula is C7H4FIO2. The summed E-state index contributed by atoms with van der Waals surface area (Å²) in [6, 6.07) is 5.67. The van der Waals surface area contributed by atoms with Gasteiger partial charge in [-0.15, -0.1) is 0 Å². The molecule has 2 nitrogen and oxygen atoms in total. The summed E-state index contributed by atoms with van der Waals surface area (Å²) in [5.74, 6) is -1.22. The Balaban J connectivity index is 3.03. The van der Waals surface area contributed by atoms with Gasteiger partial charge >= 0.3 is 5.97 Å². The predicted molar refractivity (Wildman–Crippen MR) is 45.8 cm³/mol. The molecule has 1 rings (SSSR count). The van der Waals surface area contributed by atoms with Crippen molar-refractivity contribution in [1.82, 2.24) is 0 Å². The number of hydrogen-bond donors (Lipinski definition) is 0. The molecule has 0 fully saturated rings. The minimum atomic E-state index is -0.663. The van der Waals surface area contributed by atoms with Crippen molar-refractivity contribution in [3.8, 4) is 0 Å². The maximum absolute atomic E-state index is 12.7. The normalized spacial score (nSPS) is 9.27. The molecule has 0 amide bonds. The van der Waals surface area contributed by atoms with Gasteiger partial charge in [-0.1, -0.05) is 12.1 Å². The van der Waals surface area contributed by atoms with E-state index in [1.165, 1.54) is 41.2 Å². The molecule has 0 saturated heterocycles. The van der Waals surface area contributed by atoms with E-state index in [0.29, 0.717) is 0 Å². The minimum Gasteiger partial charge on any atom is -0.391 e. The molecule has 11 heavy (non-hydrogen) atoms. The van der Waals surface area contributed by atoms with Crippen LogP contribution in [-0.2, 0) is 3.07 Å². The van der Waals surface area contributed by atoms with Crippen LogP contribution in [0.15, 0.2) is 24.3 Å². The zero-order valence-electron chi connectivity index (χ0n) is 5.38. The summed E-state index contributed by atoms with van der Waals surface area (Å²) in [6.45, 7) is 0. The first kappa shape index (κ1) is 8.45. The molecule has 1 aromatic rings. The Bertz CT molecular complexity index is 275. The van der Waals surface area contributed by atoms with Gasteiger partial charge in [0.25, 0.3) is 0 Å². The van der Waals surface area contributed by atoms with Crippen LogP contribution in [0.2, 0.25) is 0 Å². The Morgan fingerprint density at radius 3 is 2.64 bits per heavy atom. The van der Waals surface area contributed by atoms with Crippen molar-refractivity contribution >= 4 is 29.0 Å². The highest BCUT2D eigenvalue weighted by Crippen LogP contribution is 2.08. The van der Waals surface area contributed by atoms with Gasteiger partial charge in [-0.3, -0.25) is 0 Å². The molecule has 0 radical (unpaired) electrons. The second-order valence-corrected chi connectivity index (χ2v) is 2.28. The molecule has 0 heterocycles. The lowest BCUT2D eigenvalue weighted by Gasteiger charge is -1.96. The van der Waals surface area contributed by atoms with E-state index in [1.54, 1.807) is 6.07 Å². The lowest BCUT2D eigenvalue weighted by molar-refractivity contribution is 0.0795. The molecule has 58 valence electrons. The van der Waals surface area contributed by atoms with Crippen molar-refractivity contribution in [2.45, 2.75) is 0 Å². The number of halogens is 2. The van der Waals surface area contributed by atoms with Gasteiger partial charge in [-0.05, 0) is 12.1 Å². The molecule has 0 aromatic heterocycles. The fraction of sp³-hybridized carbons (Fsp3) is 0. The first-order valence-electron chi connectivity index (χ1n) is 2.83. The summed E-state index contributed by atoms with van der Waals surface area (Å²) >= 11 is 1.42. The van der Waals surface area contributed by atoms with Crippen molar-refractivity contribution in [2.24, 2.45) is 0 Å². The van der Waals surface area contributed by atoms with Crippen LogP contribution in [0.25, 0.3) is 0 Å². The third-order valence-corrected chi connectivity index (χ3v) is 1.56. The fourth-order valence-corrected chi connectivity index (χ4v) is 0.906. The zero-order valence-corrected chi connectivity index (χ0v) is 7.54. The fourth-order valence-electron chi connectivity index (χ4n) is 0.668. The van der Waals surface area contributed by atoms with Crippen LogP contribution in [0.4, 0.5) is 4.39 Å². The number of benzene rings is 1. The third kappa shape index (κ3) is 1.89. The van der Waals surface area contributed by atoms with E-state index in [1.807, 2.05) is 0 Å². The largest absolute Gasteiger partial charge is 0.391 e. The first-order chi connectivity index (χ1) is 5.25. The molecule has 1 aromatic carbocycles. The van der Waals surface area contributed by atoms with Crippen LogP contribution in [-0.4, -0.2) is 5.97 Å². The van der Waals surface area contributed by atoms with Gasteiger partial charge in [-0.25, -0.2) is 9.18 Å². The second-order valence-electron chi connectivity index (χ2n) is 1.84.